The van der Waals surface area contributed by atoms with E-state index in [1.807, 2.05) is 6.07 Å². The lowest BCUT2D eigenvalue weighted by Gasteiger charge is -2.45. The molecule has 156 valence electrons. The van der Waals surface area contributed by atoms with E-state index >= 15 is 0 Å². The quantitative estimate of drug-likeness (QED) is 0.580. The predicted octanol–water partition coefficient (Wildman–Crippen LogP) is 0.254. The van der Waals surface area contributed by atoms with E-state index in [0.29, 0.717) is 18.7 Å². The minimum absolute atomic E-state index is 0.000127. The molecule has 0 radical (unpaired) electrons. The fourth-order valence-electron chi connectivity index (χ4n) is 3.59. The number of hydrogen-bond acceptors (Lipinski definition) is 8. The maximum absolute atomic E-state index is 13.5. The highest BCUT2D eigenvalue weighted by Gasteiger charge is 2.55. The Bertz CT molecular complexity index is 780. The van der Waals surface area contributed by atoms with Crippen LogP contribution in [-0.4, -0.2) is 67.5 Å². The molecular formula is C18H28N4O5S. The van der Waals surface area contributed by atoms with E-state index < -0.39 is 26.7 Å². The lowest BCUT2D eigenvalue weighted by molar-refractivity contribution is -0.133. The van der Waals surface area contributed by atoms with Crippen LogP contribution in [0.5, 0.6) is 0 Å². The number of likely N-dealkylation sites (tertiary alicyclic amines) is 1. The Balaban J connectivity index is 2.61. The van der Waals surface area contributed by atoms with Gasteiger partial charge in [-0.2, -0.15) is 5.90 Å². The van der Waals surface area contributed by atoms with Gasteiger partial charge >= 0.3 is 6.09 Å². The molecule has 0 saturated carbocycles. The Morgan fingerprint density at radius 1 is 1.21 bits per heavy atom. The number of nitrogens with zero attached hydrogens (tertiary/aromatic N) is 2. The van der Waals surface area contributed by atoms with Crippen molar-refractivity contribution in [2.24, 2.45) is 11.6 Å². The zero-order valence-corrected chi connectivity index (χ0v) is 16.9. The monoisotopic (exact) mass is 412 g/mol. The summed E-state index contributed by atoms with van der Waals surface area (Å²) < 4.78 is 25.7. The summed E-state index contributed by atoms with van der Waals surface area (Å²) in [6, 6.07) is 8.97. The number of carbonyl (C=O) groups is 2. The van der Waals surface area contributed by atoms with Crippen LogP contribution in [-0.2, 0) is 25.9 Å². The number of likely N-dealkylation sites (N-methyl/N-ethyl adjacent to an activating group) is 1. The predicted molar refractivity (Wildman–Crippen MR) is 105 cm³/mol. The first-order valence-electron chi connectivity index (χ1n) is 9.20. The maximum Gasteiger partial charge on any atom is 0.430 e. The molecule has 1 atom stereocenters. The van der Waals surface area contributed by atoms with Gasteiger partial charge in [-0.15, -0.1) is 0 Å². The zero-order valence-electron chi connectivity index (χ0n) is 16.0. The minimum Gasteiger partial charge on any atom is -0.357 e. The molecule has 1 fully saturated rings. The van der Waals surface area contributed by atoms with E-state index in [0.717, 1.165) is 17.7 Å². The molecule has 0 spiro atoms. The van der Waals surface area contributed by atoms with Gasteiger partial charge in [-0.1, -0.05) is 30.3 Å². The number of hydrogen-bond donors (Lipinski definition) is 2. The topological polar surface area (TPSA) is 136 Å². The van der Waals surface area contributed by atoms with Crippen LogP contribution in [0.25, 0.3) is 0 Å². The molecule has 0 aliphatic carbocycles. The van der Waals surface area contributed by atoms with Gasteiger partial charge in [0.05, 0.1) is 5.75 Å². The maximum atomic E-state index is 13.5. The van der Waals surface area contributed by atoms with Crippen molar-refractivity contribution in [3.8, 4) is 0 Å². The number of rotatable bonds is 8. The second-order valence-corrected chi connectivity index (χ2v) is 8.87. The third kappa shape index (κ3) is 4.52. The molecule has 9 nitrogen and oxygen atoms in total. The highest BCUT2D eigenvalue weighted by Crippen LogP contribution is 2.32. The van der Waals surface area contributed by atoms with Gasteiger partial charge in [0, 0.05) is 26.6 Å². The molecule has 1 heterocycles. The molecule has 1 aromatic carbocycles. The third-order valence-electron chi connectivity index (χ3n) is 5.08. The van der Waals surface area contributed by atoms with Gasteiger partial charge in [0.25, 0.3) is 5.12 Å². The van der Waals surface area contributed by atoms with E-state index in [2.05, 4.69) is 4.84 Å². The second kappa shape index (κ2) is 9.46. The SMILES string of the molecule is CN(C(=O)ON)C(Cc1ccccc1)(C(=O)S(=O)(=O)CCCN)N1CCCC1. The molecule has 0 bridgehead atoms. The molecule has 1 amide bonds. The van der Waals surface area contributed by atoms with Crippen molar-refractivity contribution in [1.82, 2.24) is 9.80 Å². The lowest BCUT2D eigenvalue weighted by Crippen LogP contribution is -2.68. The van der Waals surface area contributed by atoms with Gasteiger partial charge in [0.1, 0.15) is 0 Å². The second-order valence-electron chi connectivity index (χ2n) is 6.86. The molecule has 10 heteroatoms. The van der Waals surface area contributed by atoms with Crippen molar-refractivity contribution in [1.29, 1.82) is 0 Å². The standard InChI is InChI=1S/C18H28N4O5S/c1-21(17(24)27-20)18(22-11-5-6-12-22,14-15-8-3-2-4-9-15)16(23)28(25,26)13-7-10-19/h2-4,8-9H,5-7,10-14,19-20H2,1H3. The molecular weight excluding hydrogens is 384 g/mol. The van der Waals surface area contributed by atoms with E-state index in [1.165, 1.54) is 7.05 Å². The van der Waals surface area contributed by atoms with E-state index in [1.54, 1.807) is 29.2 Å². The average Bonchev–Trinajstić information content (AvgIpc) is 3.24. The summed E-state index contributed by atoms with van der Waals surface area (Å²) in [5.74, 6) is 4.69. The number of benzene rings is 1. The van der Waals surface area contributed by atoms with Gasteiger partial charge in [0.2, 0.25) is 9.84 Å². The van der Waals surface area contributed by atoms with E-state index in [-0.39, 0.29) is 25.1 Å². The summed E-state index contributed by atoms with van der Waals surface area (Å²) in [4.78, 5) is 32.9. The summed E-state index contributed by atoms with van der Waals surface area (Å²) in [7, 11) is -2.84. The molecule has 1 aliphatic heterocycles. The van der Waals surface area contributed by atoms with Gasteiger partial charge in [-0.3, -0.25) is 14.6 Å². The van der Waals surface area contributed by atoms with Crippen LogP contribution >= 0.6 is 0 Å². The first-order chi connectivity index (χ1) is 13.3. The Morgan fingerprint density at radius 3 is 2.36 bits per heavy atom. The van der Waals surface area contributed by atoms with Gasteiger partial charge in [0.15, 0.2) is 5.66 Å². The van der Waals surface area contributed by atoms with Crippen molar-refractivity contribution in [2.45, 2.75) is 31.3 Å². The Morgan fingerprint density at radius 2 is 1.82 bits per heavy atom. The van der Waals surface area contributed by atoms with Gasteiger partial charge in [-0.05, 0) is 31.4 Å². The molecule has 1 aromatic rings. The Kier molecular flexibility index (Phi) is 7.53. The zero-order chi connectivity index (χ0) is 20.8. The summed E-state index contributed by atoms with van der Waals surface area (Å²) in [5, 5.41) is -1.04. The van der Waals surface area contributed by atoms with Crippen molar-refractivity contribution in [3.63, 3.8) is 0 Å². The number of amides is 1. The average molecular weight is 413 g/mol. The molecule has 28 heavy (non-hydrogen) atoms. The fourth-order valence-corrected chi connectivity index (χ4v) is 5.16. The normalized spacial score (nSPS) is 17.1. The van der Waals surface area contributed by atoms with Crippen LogP contribution in [0.3, 0.4) is 0 Å². The molecule has 0 aromatic heterocycles. The molecule has 1 unspecified atom stereocenters. The number of carbonyl (C=O) groups excluding carboxylic acids is 2. The van der Waals surface area contributed by atoms with Gasteiger partial charge in [-0.25, -0.2) is 13.2 Å². The Hall–Kier alpha value is -2.01. The van der Waals surface area contributed by atoms with Crippen molar-refractivity contribution < 1.29 is 22.8 Å². The van der Waals surface area contributed by atoms with Crippen molar-refractivity contribution in [2.75, 3.05) is 32.4 Å². The van der Waals surface area contributed by atoms with Crippen LogP contribution in [0.15, 0.2) is 30.3 Å². The smallest absolute Gasteiger partial charge is 0.357 e. The van der Waals surface area contributed by atoms with Crippen LogP contribution < -0.4 is 11.6 Å². The van der Waals surface area contributed by atoms with Crippen molar-refractivity contribution in [3.05, 3.63) is 35.9 Å². The van der Waals surface area contributed by atoms with Crippen LogP contribution in [0.4, 0.5) is 4.79 Å². The number of nitrogens with two attached hydrogens (primary N) is 2. The van der Waals surface area contributed by atoms with E-state index in [4.69, 9.17) is 11.6 Å². The van der Waals surface area contributed by atoms with Crippen LogP contribution in [0.2, 0.25) is 0 Å². The molecule has 1 aliphatic rings. The van der Waals surface area contributed by atoms with Gasteiger partial charge < -0.3 is 10.6 Å². The minimum atomic E-state index is -4.18. The molecule has 1 saturated heterocycles. The summed E-state index contributed by atoms with van der Waals surface area (Å²) in [6.07, 6.45) is 0.752. The molecule has 4 N–H and O–H groups in total. The van der Waals surface area contributed by atoms with Crippen molar-refractivity contribution >= 4 is 21.0 Å². The highest BCUT2D eigenvalue weighted by molar-refractivity contribution is 8.06. The summed E-state index contributed by atoms with van der Waals surface area (Å²) in [6.45, 7) is 1.10. The number of sulfone groups is 1. The first kappa shape index (κ1) is 22.3. The Labute approximate surface area is 165 Å². The van der Waals surface area contributed by atoms with Crippen LogP contribution in [0.1, 0.15) is 24.8 Å². The largest absolute Gasteiger partial charge is 0.430 e. The van der Waals surface area contributed by atoms with Crippen LogP contribution in [0, 0.1) is 0 Å². The lowest BCUT2D eigenvalue weighted by atomic mass is 9.97. The third-order valence-corrected chi connectivity index (χ3v) is 6.80. The summed E-state index contributed by atoms with van der Waals surface area (Å²) in [5.41, 5.74) is 4.40. The highest BCUT2D eigenvalue weighted by atomic mass is 32.2. The summed E-state index contributed by atoms with van der Waals surface area (Å²) >= 11 is 0. The first-order valence-corrected chi connectivity index (χ1v) is 10.9. The fraction of sp³-hybridized carbons (Fsp3) is 0.556. The molecule has 2 rings (SSSR count). The van der Waals surface area contributed by atoms with E-state index in [9.17, 15) is 18.0 Å².